The number of halogens is 1. The van der Waals surface area contributed by atoms with Gasteiger partial charge in [-0.25, -0.2) is 18.4 Å². The lowest BCUT2D eigenvalue weighted by Crippen LogP contribution is -2.45. The standard InChI is InChI=1S/C24H33FN3O7P/c1-4-34-36(31,35-5-2)27-10-8-26(9-11-27)22-15-21-18(14-20(22)25)23(29)19(16-28(21)17-6-7-17)24(30)33-13-12-32-3/h14-17H,4-13H2,1-3H3. The largest absolute Gasteiger partial charge is 0.460 e. The Bertz CT molecular complexity index is 1200. The third-order valence-electron chi connectivity index (χ3n) is 6.31. The molecule has 12 heteroatoms. The Hall–Kier alpha value is -2.30. The van der Waals surface area contributed by atoms with Crippen molar-refractivity contribution >= 4 is 30.3 Å². The fourth-order valence-electron chi connectivity index (χ4n) is 4.41. The first-order valence-electron chi connectivity index (χ1n) is 12.3. The van der Waals surface area contributed by atoms with Crippen molar-refractivity contribution in [2.24, 2.45) is 0 Å². The van der Waals surface area contributed by atoms with Gasteiger partial charge in [-0.1, -0.05) is 0 Å². The predicted octanol–water partition coefficient (Wildman–Crippen LogP) is 3.58. The van der Waals surface area contributed by atoms with Crippen LogP contribution in [0.2, 0.25) is 0 Å². The van der Waals surface area contributed by atoms with Crippen LogP contribution in [0.3, 0.4) is 0 Å². The number of hydrogen-bond donors (Lipinski definition) is 0. The van der Waals surface area contributed by atoms with E-state index in [1.54, 1.807) is 24.6 Å². The van der Waals surface area contributed by atoms with E-state index >= 15 is 4.39 Å². The van der Waals surface area contributed by atoms with Crippen molar-refractivity contribution in [3.63, 3.8) is 0 Å². The number of carbonyl (C=O) groups is 1. The SMILES string of the molecule is CCOP(=O)(OCC)N1CCN(c2cc3c(cc2F)c(=O)c(C(=O)OCCOC)cn3C2CC2)CC1. The van der Waals surface area contributed by atoms with Gasteiger partial charge in [-0.05, 0) is 38.8 Å². The van der Waals surface area contributed by atoms with Gasteiger partial charge in [0.05, 0.1) is 31.0 Å². The Morgan fingerprint density at radius 1 is 1.08 bits per heavy atom. The van der Waals surface area contributed by atoms with Crippen LogP contribution in [0.25, 0.3) is 10.9 Å². The summed E-state index contributed by atoms with van der Waals surface area (Å²) in [5.74, 6) is -1.31. The van der Waals surface area contributed by atoms with E-state index < -0.39 is 25.0 Å². The molecule has 4 rings (SSSR count). The summed E-state index contributed by atoms with van der Waals surface area (Å²) >= 11 is 0. The van der Waals surface area contributed by atoms with E-state index in [4.69, 9.17) is 18.5 Å². The van der Waals surface area contributed by atoms with Gasteiger partial charge in [-0.3, -0.25) is 13.8 Å². The van der Waals surface area contributed by atoms with Crippen LogP contribution in [0, 0.1) is 5.82 Å². The number of ether oxygens (including phenoxy) is 2. The summed E-state index contributed by atoms with van der Waals surface area (Å²) in [7, 11) is -1.91. The van der Waals surface area contributed by atoms with E-state index in [0.29, 0.717) is 37.4 Å². The second kappa shape index (κ2) is 11.4. The van der Waals surface area contributed by atoms with Crippen molar-refractivity contribution in [2.45, 2.75) is 32.7 Å². The maximum absolute atomic E-state index is 15.3. The second-order valence-electron chi connectivity index (χ2n) is 8.70. The van der Waals surface area contributed by atoms with Crippen molar-refractivity contribution in [3.8, 4) is 0 Å². The summed E-state index contributed by atoms with van der Waals surface area (Å²) in [6.07, 6.45) is 3.34. The first kappa shape index (κ1) is 26.8. The van der Waals surface area contributed by atoms with Crippen LogP contribution in [0.4, 0.5) is 10.1 Å². The molecule has 2 aliphatic rings. The van der Waals surface area contributed by atoms with E-state index in [9.17, 15) is 14.2 Å². The quantitative estimate of drug-likeness (QED) is 0.248. The van der Waals surface area contributed by atoms with E-state index in [0.717, 1.165) is 12.8 Å². The first-order chi connectivity index (χ1) is 17.3. The van der Waals surface area contributed by atoms with Crippen molar-refractivity contribution in [1.82, 2.24) is 9.24 Å². The van der Waals surface area contributed by atoms with E-state index in [1.165, 1.54) is 19.4 Å². The van der Waals surface area contributed by atoms with E-state index in [-0.39, 0.29) is 43.4 Å². The minimum atomic E-state index is -3.39. The van der Waals surface area contributed by atoms with Gasteiger partial charge in [0.2, 0.25) is 5.43 Å². The number of rotatable bonds is 11. The average Bonchev–Trinajstić information content (AvgIpc) is 3.70. The summed E-state index contributed by atoms with van der Waals surface area (Å²) < 4.78 is 52.9. The number of pyridine rings is 1. The lowest BCUT2D eigenvalue weighted by molar-refractivity contribution is 0.0386. The number of nitrogens with zero attached hydrogens (tertiary/aromatic N) is 3. The number of fused-ring (bicyclic) bond motifs is 1. The van der Waals surface area contributed by atoms with Crippen molar-refractivity contribution < 1.29 is 32.3 Å². The smallest absolute Gasteiger partial charge is 0.408 e. The molecule has 2 fully saturated rings. The van der Waals surface area contributed by atoms with Gasteiger partial charge in [-0.15, -0.1) is 0 Å². The highest BCUT2D eigenvalue weighted by molar-refractivity contribution is 7.51. The van der Waals surface area contributed by atoms with Crippen LogP contribution in [0.1, 0.15) is 43.1 Å². The molecule has 1 saturated heterocycles. The number of aromatic nitrogens is 1. The number of anilines is 1. The highest BCUT2D eigenvalue weighted by Crippen LogP contribution is 2.52. The molecule has 2 aromatic rings. The molecule has 10 nitrogen and oxygen atoms in total. The summed E-state index contributed by atoms with van der Waals surface area (Å²) in [4.78, 5) is 27.5. The molecule has 0 N–H and O–H groups in total. The fourth-order valence-corrected chi connectivity index (χ4v) is 6.13. The molecule has 0 atom stereocenters. The summed E-state index contributed by atoms with van der Waals surface area (Å²) in [6.45, 7) is 5.84. The van der Waals surface area contributed by atoms with Crippen LogP contribution in [0.5, 0.6) is 0 Å². The Kier molecular flexibility index (Phi) is 8.47. The molecular formula is C24H33FN3O7P. The fraction of sp³-hybridized carbons (Fsp3) is 0.583. The lowest BCUT2D eigenvalue weighted by atomic mass is 10.1. The normalized spacial score (nSPS) is 17.1. The summed E-state index contributed by atoms with van der Waals surface area (Å²) in [5, 5.41) is 0.139. The topological polar surface area (TPSA) is 99.5 Å². The third kappa shape index (κ3) is 5.50. The predicted molar refractivity (Wildman–Crippen MR) is 133 cm³/mol. The van der Waals surface area contributed by atoms with Crippen molar-refractivity contribution in [3.05, 3.63) is 39.9 Å². The number of esters is 1. The van der Waals surface area contributed by atoms with Gasteiger partial charge in [0.25, 0.3) is 0 Å². The van der Waals surface area contributed by atoms with Gasteiger partial charge in [-0.2, -0.15) is 0 Å². The molecule has 1 aromatic heterocycles. The number of hydrogen-bond acceptors (Lipinski definition) is 8. The molecule has 2 heterocycles. The van der Waals surface area contributed by atoms with Crippen LogP contribution in [-0.2, 0) is 23.1 Å². The Labute approximate surface area is 209 Å². The number of methoxy groups -OCH3 is 1. The molecule has 198 valence electrons. The molecule has 1 aromatic carbocycles. The number of benzene rings is 1. The summed E-state index contributed by atoms with van der Waals surface area (Å²) in [5.41, 5.74) is 0.251. The molecule has 1 aliphatic carbocycles. The Morgan fingerprint density at radius 2 is 1.75 bits per heavy atom. The minimum absolute atomic E-state index is 0.0229. The number of carbonyl (C=O) groups excluding carboxylic acids is 1. The highest BCUT2D eigenvalue weighted by Gasteiger charge is 2.36. The molecule has 36 heavy (non-hydrogen) atoms. The molecule has 0 radical (unpaired) electrons. The molecule has 1 aliphatic heterocycles. The van der Waals surface area contributed by atoms with Crippen LogP contribution < -0.4 is 10.3 Å². The lowest BCUT2D eigenvalue weighted by Gasteiger charge is -2.38. The Morgan fingerprint density at radius 3 is 2.33 bits per heavy atom. The maximum Gasteiger partial charge on any atom is 0.408 e. The van der Waals surface area contributed by atoms with Gasteiger partial charge < -0.3 is 18.9 Å². The minimum Gasteiger partial charge on any atom is -0.460 e. The van der Waals surface area contributed by atoms with Crippen molar-refractivity contribution in [1.29, 1.82) is 0 Å². The monoisotopic (exact) mass is 525 g/mol. The van der Waals surface area contributed by atoms with Gasteiger partial charge in [0.1, 0.15) is 18.0 Å². The van der Waals surface area contributed by atoms with E-state index in [2.05, 4.69) is 0 Å². The summed E-state index contributed by atoms with van der Waals surface area (Å²) in [6, 6.07) is 3.01. The zero-order chi connectivity index (χ0) is 25.9. The van der Waals surface area contributed by atoms with Crippen LogP contribution >= 0.6 is 7.75 Å². The highest BCUT2D eigenvalue weighted by atomic mass is 31.2. The molecule has 0 bridgehead atoms. The van der Waals surface area contributed by atoms with Crippen LogP contribution in [-0.4, -0.2) is 74.9 Å². The Balaban J connectivity index is 1.63. The molecule has 1 saturated carbocycles. The van der Waals surface area contributed by atoms with Gasteiger partial charge in [0.15, 0.2) is 0 Å². The zero-order valence-corrected chi connectivity index (χ0v) is 21.8. The third-order valence-corrected chi connectivity index (χ3v) is 8.57. The van der Waals surface area contributed by atoms with E-state index in [1.807, 2.05) is 9.47 Å². The second-order valence-corrected chi connectivity index (χ2v) is 10.7. The van der Waals surface area contributed by atoms with Crippen LogP contribution in [0.15, 0.2) is 23.1 Å². The van der Waals surface area contributed by atoms with Gasteiger partial charge >= 0.3 is 13.7 Å². The molecule has 0 amide bonds. The average molecular weight is 526 g/mol. The number of piperazine rings is 1. The zero-order valence-electron chi connectivity index (χ0n) is 20.9. The maximum atomic E-state index is 15.3. The first-order valence-corrected chi connectivity index (χ1v) is 13.8. The van der Waals surface area contributed by atoms with Gasteiger partial charge in [0, 0.05) is 50.9 Å². The molecule has 0 unspecified atom stereocenters. The van der Waals surface area contributed by atoms with Crippen molar-refractivity contribution in [2.75, 3.05) is 64.6 Å². The molecule has 0 spiro atoms. The molecular weight excluding hydrogens is 492 g/mol.